The molecule has 0 aliphatic carbocycles. The van der Waals surface area contributed by atoms with Crippen LogP contribution in [0.5, 0.6) is 5.75 Å². The highest BCUT2D eigenvalue weighted by Gasteiger charge is 2.24. The van der Waals surface area contributed by atoms with E-state index < -0.39 is 9.84 Å². The molecule has 2 aromatic rings. The van der Waals surface area contributed by atoms with E-state index in [2.05, 4.69) is 5.32 Å². The SMILES string of the molecule is COc1ccccc1CC(=O)N1CCC(Nc2ccccc2S(C)(=O)=O)CC1. The molecule has 0 atom stereocenters. The van der Waals surface area contributed by atoms with Gasteiger partial charge in [-0.3, -0.25) is 4.79 Å². The van der Waals surface area contributed by atoms with Gasteiger partial charge >= 0.3 is 0 Å². The molecule has 0 radical (unpaired) electrons. The summed E-state index contributed by atoms with van der Waals surface area (Å²) in [4.78, 5) is 14.8. The van der Waals surface area contributed by atoms with Crippen LogP contribution in [0.3, 0.4) is 0 Å². The van der Waals surface area contributed by atoms with E-state index in [0.29, 0.717) is 30.1 Å². The van der Waals surface area contributed by atoms with Gasteiger partial charge < -0.3 is 15.0 Å². The Morgan fingerprint density at radius 3 is 2.43 bits per heavy atom. The minimum absolute atomic E-state index is 0.0829. The molecule has 1 amide bonds. The third kappa shape index (κ3) is 4.84. The summed E-state index contributed by atoms with van der Waals surface area (Å²) in [5.41, 5.74) is 1.51. The predicted molar refractivity (Wildman–Crippen MR) is 109 cm³/mol. The number of nitrogens with one attached hydrogen (secondary N) is 1. The van der Waals surface area contributed by atoms with Gasteiger partial charge in [0.25, 0.3) is 0 Å². The smallest absolute Gasteiger partial charge is 0.227 e. The molecule has 1 heterocycles. The van der Waals surface area contributed by atoms with Crippen LogP contribution in [-0.4, -0.2) is 51.7 Å². The highest BCUT2D eigenvalue weighted by atomic mass is 32.2. The van der Waals surface area contributed by atoms with E-state index in [4.69, 9.17) is 4.74 Å². The number of nitrogens with zero attached hydrogens (tertiary/aromatic N) is 1. The largest absolute Gasteiger partial charge is 0.496 e. The van der Waals surface area contributed by atoms with Crippen molar-refractivity contribution in [2.45, 2.75) is 30.2 Å². The lowest BCUT2D eigenvalue weighted by Crippen LogP contribution is -2.43. The standard InChI is InChI=1S/C21H26N2O4S/c1-27-19-9-5-3-7-16(19)15-21(24)23-13-11-17(12-14-23)22-18-8-4-6-10-20(18)28(2,25)26/h3-10,17,22H,11-15H2,1-2H3. The van der Waals surface area contributed by atoms with Gasteiger partial charge in [0, 0.05) is 31.0 Å². The molecule has 28 heavy (non-hydrogen) atoms. The average molecular weight is 403 g/mol. The maximum absolute atomic E-state index is 12.7. The molecule has 1 N–H and O–H groups in total. The van der Waals surface area contributed by atoms with Gasteiger partial charge in [0.15, 0.2) is 9.84 Å². The number of benzene rings is 2. The van der Waals surface area contributed by atoms with Crippen LogP contribution in [0.2, 0.25) is 0 Å². The summed E-state index contributed by atoms with van der Waals surface area (Å²) in [7, 11) is -1.68. The molecule has 0 spiro atoms. The Balaban J connectivity index is 1.59. The van der Waals surface area contributed by atoms with Crippen LogP contribution in [0.1, 0.15) is 18.4 Å². The van der Waals surface area contributed by atoms with E-state index in [-0.39, 0.29) is 11.9 Å². The van der Waals surface area contributed by atoms with Crippen molar-refractivity contribution >= 4 is 21.4 Å². The third-order valence-corrected chi connectivity index (χ3v) is 6.18. The lowest BCUT2D eigenvalue weighted by molar-refractivity contribution is -0.131. The second-order valence-electron chi connectivity index (χ2n) is 7.06. The summed E-state index contributed by atoms with van der Waals surface area (Å²) in [5, 5.41) is 3.35. The molecular weight excluding hydrogens is 376 g/mol. The summed E-state index contributed by atoms with van der Waals surface area (Å²) >= 11 is 0. The zero-order chi connectivity index (χ0) is 20.1. The van der Waals surface area contributed by atoms with Crippen LogP contribution in [0, 0.1) is 0 Å². The number of likely N-dealkylation sites (tertiary alicyclic amines) is 1. The molecule has 6 nitrogen and oxygen atoms in total. The molecule has 1 saturated heterocycles. The molecule has 7 heteroatoms. The van der Waals surface area contributed by atoms with Crippen molar-refractivity contribution in [3.05, 3.63) is 54.1 Å². The fourth-order valence-electron chi connectivity index (χ4n) is 3.53. The molecule has 1 fully saturated rings. The molecule has 0 aromatic heterocycles. The van der Waals surface area contributed by atoms with Crippen LogP contribution in [0.4, 0.5) is 5.69 Å². The summed E-state index contributed by atoms with van der Waals surface area (Å²) in [6.45, 7) is 1.29. The topological polar surface area (TPSA) is 75.7 Å². The van der Waals surface area contributed by atoms with Crippen molar-refractivity contribution in [1.82, 2.24) is 4.90 Å². The van der Waals surface area contributed by atoms with Crippen LogP contribution in [0.15, 0.2) is 53.4 Å². The van der Waals surface area contributed by atoms with E-state index >= 15 is 0 Å². The highest BCUT2D eigenvalue weighted by Crippen LogP contribution is 2.25. The van der Waals surface area contributed by atoms with Crippen molar-refractivity contribution in [3.63, 3.8) is 0 Å². The first kappa shape index (κ1) is 20.2. The molecule has 3 rings (SSSR count). The maximum atomic E-state index is 12.7. The second kappa shape index (κ2) is 8.65. The van der Waals surface area contributed by atoms with Crippen LogP contribution >= 0.6 is 0 Å². The zero-order valence-corrected chi connectivity index (χ0v) is 17.0. The van der Waals surface area contributed by atoms with Gasteiger partial charge in [-0.2, -0.15) is 0 Å². The lowest BCUT2D eigenvalue weighted by Gasteiger charge is -2.33. The minimum Gasteiger partial charge on any atom is -0.496 e. The first-order chi connectivity index (χ1) is 13.4. The van der Waals surface area contributed by atoms with Gasteiger partial charge in [0.05, 0.1) is 24.1 Å². The number of hydrogen-bond acceptors (Lipinski definition) is 5. The summed E-state index contributed by atoms with van der Waals surface area (Å²) in [6, 6.07) is 14.6. The number of amides is 1. The van der Waals surface area contributed by atoms with Crippen molar-refractivity contribution in [2.24, 2.45) is 0 Å². The number of hydrogen-bond donors (Lipinski definition) is 1. The Labute approximate surface area is 166 Å². The highest BCUT2D eigenvalue weighted by molar-refractivity contribution is 7.90. The van der Waals surface area contributed by atoms with Gasteiger partial charge in [-0.25, -0.2) is 8.42 Å². The number of rotatable bonds is 6. The van der Waals surface area contributed by atoms with Crippen LogP contribution in [-0.2, 0) is 21.1 Å². The van der Waals surface area contributed by atoms with Crippen LogP contribution in [0.25, 0.3) is 0 Å². The summed E-state index contributed by atoms with van der Waals surface area (Å²) in [5.74, 6) is 0.810. The predicted octanol–water partition coefficient (Wildman–Crippen LogP) is 2.74. The van der Waals surface area contributed by atoms with Gasteiger partial charge in [-0.05, 0) is 31.0 Å². The Hall–Kier alpha value is -2.54. The molecule has 1 aliphatic heterocycles. The van der Waals surface area contributed by atoms with E-state index in [1.54, 1.807) is 25.3 Å². The molecule has 0 bridgehead atoms. The van der Waals surface area contributed by atoms with Crippen molar-refractivity contribution in [3.8, 4) is 5.75 Å². The minimum atomic E-state index is -3.29. The maximum Gasteiger partial charge on any atom is 0.227 e. The lowest BCUT2D eigenvalue weighted by atomic mass is 10.0. The fourth-order valence-corrected chi connectivity index (χ4v) is 4.38. The quantitative estimate of drug-likeness (QED) is 0.804. The molecular formula is C21H26N2O4S. The molecule has 0 unspecified atom stereocenters. The van der Waals surface area contributed by atoms with Gasteiger partial charge in [-0.15, -0.1) is 0 Å². The van der Waals surface area contributed by atoms with Gasteiger partial charge in [0.2, 0.25) is 5.91 Å². The number of sulfone groups is 1. The molecule has 0 saturated carbocycles. The number of carbonyl (C=O) groups excluding carboxylic acids is 1. The number of piperidine rings is 1. The van der Waals surface area contributed by atoms with Gasteiger partial charge in [0.1, 0.15) is 5.75 Å². The average Bonchev–Trinajstić information content (AvgIpc) is 2.68. The first-order valence-corrected chi connectivity index (χ1v) is 11.2. The third-order valence-electron chi connectivity index (χ3n) is 5.03. The first-order valence-electron chi connectivity index (χ1n) is 9.34. The Morgan fingerprint density at radius 2 is 1.75 bits per heavy atom. The number of para-hydroxylation sites is 2. The molecule has 150 valence electrons. The second-order valence-corrected chi connectivity index (χ2v) is 9.04. The monoisotopic (exact) mass is 402 g/mol. The normalized spacial score (nSPS) is 15.3. The van der Waals surface area contributed by atoms with Gasteiger partial charge in [-0.1, -0.05) is 30.3 Å². The van der Waals surface area contributed by atoms with Crippen molar-refractivity contribution < 1.29 is 17.9 Å². The van der Waals surface area contributed by atoms with E-state index in [1.165, 1.54) is 6.26 Å². The Kier molecular flexibility index (Phi) is 6.24. The fraction of sp³-hybridized carbons (Fsp3) is 0.381. The number of anilines is 1. The van der Waals surface area contributed by atoms with Crippen molar-refractivity contribution in [2.75, 3.05) is 31.8 Å². The van der Waals surface area contributed by atoms with E-state index in [1.807, 2.05) is 35.2 Å². The van der Waals surface area contributed by atoms with Crippen molar-refractivity contribution in [1.29, 1.82) is 0 Å². The summed E-state index contributed by atoms with van der Waals surface area (Å²) < 4.78 is 29.2. The van der Waals surface area contributed by atoms with Crippen LogP contribution < -0.4 is 10.1 Å². The van der Waals surface area contributed by atoms with E-state index in [0.717, 1.165) is 24.2 Å². The zero-order valence-electron chi connectivity index (χ0n) is 16.2. The number of carbonyl (C=O) groups is 1. The number of ether oxygens (including phenoxy) is 1. The van der Waals surface area contributed by atoms with E-state index in [9.17, 15) is 13.2 Å². The molecule has 2 aromatic carbocycles. The Bertz CT molecular complexity index is 935. The summed E-state index contributed by atoms with van der Waals surface area (Å²) in [6.07, 6.45) is 3.08. The Morgan fingerprint density at radius 1 is 1.11 bits per heavy atom. The molecule has 1 aliphatic rings. The number of methoxy groups -OCH3 is 1.